The molecule has 3 atom stereocenters. The van der Waals surface area contributed by atoms with Crippen molar-refractivity contribution in [2.24, 2.45) is 11.8 Å². The normalized spacial score (nSPS) is 26.0. The maximum atomic E-state index is 13.0. The van der Waals surface area contributed by atoms with Crippen molar-refractivity contribution in [3.05, 3.63) is 41.3 Å². The van der Waals surface area contributed by atoms with Crippen LogP contribution in [0.25, 0.3) is 6.08 Å². The predicted octanol–water partition coefficient (Wildman–Crippen LogP) is 2.50. The van der Waals surface area contributed by atoms with E-state index in [-0.39, 0.29) is 11.9 Å². The summed E-state index contributed by atoms with van der Waals surface area (Å²) in [6.45, 7) is 9.97. The van der Waals surface area contributed by atoms with Gasteiger partial charge in [0.15, 0.2) is 0 Å². The molecule has 2 aliphatic rings. The Labute approximate surface area is 175 Å². The smallest absolute Gasteiger partial charge is 0.239 e. The van der Waals surface area contributed by atoms with Crippen LogP contribution in [0.5, 0.6) is 0 Å². The zero-order valence-corrected chi connectivity index (χ0v) is 18.5. The highest BCUT2D eigenvalue weighted by Crippen LogP contribution is 2.22. The van der Waals surface area contributed by atoms with E-state index in [1.165, 1.54) is 16.1 Å². The lowest BCUT2D eigenvalue weighted by atomic mass is 9.91. The summed E-state index contributed by atoms with van der Waals surface area (Å²) >= 11 is 0. The fraction of sp³-hybridized carbons (Fsp3) is 0.591. The van der Waals surface area contributed by atoms with Gasteiger partial charge in [-0.1, -0.05) is 44.2 Å². The van der Waals surface area contributed by atoms with E-state index in [0.29, 0.717) is 38.0 Å². The van der Waals surface area contributed by atoms with Crippen LogP contribution in [0.15, 0.2) is 35.7 Å². The Balaban J connectivity index is 1.55. The molecule has 2 heterocycles. The van der Waals surface area contributed by atoms with E-state index in [9.17, 15) is 13.2 Å². The van der Waals surface area contributed by atoms with Gasteiger partial charge in [-0.15, -0.1) is 0 Å². The summed E-state index contributed by atoms with van der Waals surface area (Å²) in [6.07, 6.45) is 2.80. The van der Waals surface area contributed by atoms with Gasteiger partial charge in [-0.3, -0.25) is 9.69 Å². The van der Waals surface area contributed by atoms with Crippen molar-refractivity contribution in [2.45, 2.75) is 33.2 Å². The Morgan fingerprint density at radius 1 is 1.03 bits per heavy atom. The van der Waals surface area contributed by atoms with Crippen LogP contribution in [-0.2, 0) is 14.8 Å². The molecular weight excluding hydrogens is 386 g/mol. The monoisotopic (exact) mass is 419 g/mol. The molecular formula is C22H33N3O3S. The minimum absolute atomic E-state index is 0.170. The first-order valence-corrected chi connectivity index (χ1v) is 12.0. The molecule has 3 rings (SSSR count). The van der Waals surface area contributed by atoms with Crippen LogP contribution >= 0.6 is 0 Å². The number of rotatable bonds is 5. The van der Waals surface area contributed by atoms with Crippen molar-refractivity contribution in [3.63, 3.8) is 0 Å². The number of amides is 1. The van der Waals surface area contributed by atoms with E-state index in [0.717, 1.165) is 18.7 Å². The number of benzene rings is 1. The minimum atomic E-state index is -3.46. The summed E-state index contributed by atoms with van der Waals surface area (Å²) in [4.78, 5) is 17.1. The molecule has 2 fully saturated rings. The Morgan fingerprint density at radius 3 is 2.21 bits per heavy atom. The average Bonchev–Trinajstić information content (AvgIpc) is 2.71. The summed E-state index contributed by atoms with van der Waals surface area (Å²) in [6, 6.07) is 9.20. The largest absolute Gasteiger partial charge is 0.341 e. The van der Waals surface area contributed by atoms with Crippen LogP contribution in [0.1, 0.15) is 32.8 Å². The Bertz CT molecular complexity index is 807. The van der Waals surface area contributed by atoms with Gasteiger partial charge in [0.05, 0.1) is 6.04 Å². The second-order valence-electron chi connectivity index (χ2n) is 8.56. The topological polar surface area (TPSA) is 60.9 Å². The summed E-state index contributed by atoms with van der Waals surface area (Å²) < 4.78 is 26.8. The van der Waals surface area contributed by atoms with Gasteiger partial charge in [0.2, 0.25) is 15.9 Å². The lowest BCUT2D eigenvalue weighted by Gasteiger charge is -2.41. The molecule has 0 bridgehead atoms. The Hall–Kier alpha value is -1.70. The highest BCUT2D eigenvalue weighted by Gasteiger charge is 2.33. The maximum absolute atomic E-state index is 13.0. The summed E-state index contributed by atoms with van der Waals surface area (Å²) in [7, 11) is -3.46. The van der Waals surface area contributed by atoms with Crippen molar-refractivity contribution < 1.29 is 13.2 Å². The third-order valence-electron chi connectivity index (χ3n) is 5.95. The Morgan fingerprint density at radius 2 is 1.62 bits per heavy atom. The molecule has 0 N–H and O–H groups in total. The van der Waals surface area contributed by atoms with E-state index in [4.69, 9.17) is 0 Å². The molecule has 6 nitrogen and oxygen atoms in total. The highest BCUT2D eigenvalue weighted by atomic mass is 32.2. The van der Waals surface area contributed by atoms with Gasteiger partial charge in [0, 0.05) is 44.7 Å². The number of nitrogens with zero attached hydrogens (tertiary/aromatic N) is 3. The van der Waals surface area contributed by atoms with E-state index >= 15 is 0 Å². The molecule has 1 aromatic rings. The van der Waals surface area contributed by atoms with Gasteiger partial charge >= 0.3 is 0 Å². The molecule has 7 heteroatoms. The molecule has 0 aliphatic carbocycles. The first-order valence-electron chi connectivity index (χ1n) is 10.5. The number of hydrogen-bond acceptors (Lipinski definition) is 4. The van der Waals surface area contributed by atoms with Gasteiger partial charge < -0.3 is 4.90 Å². The van der Waals surface area contributed by atoms with Crippen LogP contribution in [0.2, 0.25) is 0 Å². The van der Waals surface area contributed by atoms with Crippen LogP contribution < -0.4 is 0 Å². The summed E-state index contributed by atoms with van der Waals surface area (Å²) in [5.41, 5.74) is 0.860. The van der Waals surface area contributed by atoms with Crippen molar-refractivity contribution in [2.75, 3.05) is 39.3 Å². The number of likely N-dealkylation sites (tertiary alicyclic amines) is 1. The maximum Gasteiger partial charge on any atom is 0.239 e. The van der Waals surface area contributed by atoms with E-state index in [1.54, 1.807) is 6.08 Å². The number of carbonyl (C=O) groups excluding carboxylic acids is 1. The van der Waals surface area contributed by atoms with Gasteiger partial charge in [0.1, 0.15) is 0 Å². The number of piperidine rings is 1. The summed E-state index contributed by atoms with van der Waals surface area (Å²) in [5, 5.41) is 1.28. The zero-order chi connectivity index (χ0) is 21.0. The zero-order valence-electron chi connectivity index (χ0n) is 17.7. The van der Waals surface area contributed by atoms with Crippen LogP contribution in [0.3, 0.4) is 0 Å². The molecule has 2 aliphatic heterocycles. The lowest BCUT2D eigenvalue weighted by Crippen LogP contribution is -2.56. The number of piperazine rings is 1. The standard InChI is InChI=1S/C22H33N3O3S/c1-18-15-19(2)17-24(16-18)22(26)20(3)23-10-12-25(13-11-23)29(27,28)14-9-21-7-5-4-6-8-21/h4-9,14,18-20H,10-13,15-17H2,1-3H3. The Kier molecular flexibility index (Phi) is 7.14. The van der Waals surface area contributed by atoms with E-state index < -0.39 is 10.0 Å². The number of hydrogen-bond donors (Lipinski definition) is 0. The fourth-order valence-electron chi connectivity index (χ4n) is 4.42. The molecule has 0 radical (unpaired) electrons. The fourth-order valence-corrected chi connectivity index (χ4v) is 5.60. The first-order chi connectivity index (χ1) is 13.8. The van der Waals surface area contributed by atoms with Crippen LogP contribution in [-0.4, -0.2) is 73.7 Å². The molecule has 160 valence electrons. The molecule has 1 aromatic carbocycles. The van der Waals surface area contributed by atoms with Crippen molar-refractivity contribution in [1.82, 2.24) is 14.1 Å². The second kappa shape index (κ2) is 9.41. The third kappa shape index (κ3) is 5.68. The van der Waals surface area contributed by atoms with Gasteiger partial charge in [0.25, 0.3) is 0 Å². The van der Waals surface area contributed by atoms with Crippen molar-refractivity contribution >= 4 is 22.0 Å². The number of carbonyl (C=O) groups is 1. The summed E-state index contributed by atoms with van der Waals surface area (Å²) in [5.74, 6) is 1.24. The molecule has 2 saturated heterocycles. The van der Waals surface area contributed by atoms with Crippen molar-refractivity contribution in [3.8, 4) is 0 Å². The minimum Gasteiger partial charge on any atom is -0.341 e. The molecule has 0 saturated carbocycles. The molecule has 3 unspecified atom stereocenters. The second-order valence-corrected chi connectivity index (χ2v) is 10.4. The average molecular weight is 420 g/mol. The van der Waals surface area contributed by atoms with Gasteiger partial charge in [-0.2, -0.15) is 4.31 Å². The van der Waals surface area contributed by atoms with E-state index in [1.807, 2.05) is 42.2 Å². The highest BCUT2D eigenvalue weighted by molar-refractivity contribution is 7.92. The van der Waals surface area contributed by atoms with Gasteiger partial charge in [-0.25, -0.2) is 8.42 Å². The van der Waals surface area contributed by atoms with Crippen LogP contribution in [0.4, 0.5) is 0 Å². The first kappa shape index (κ1) is 22.0. The van der Waals surface area contributed by atoms with E-state index in [2.05, 4.69) is 18.7 Å². The van der Waals surface area contributed by atoms with Gasteiger partial charge in [-0.05, 0) is 36.8 Å². The lowest BCUT2D eigenvalue weighted by molar-refractivity contribution is -0.139. The molecule has 0 spiro atoms. The predicted molar refractivity (Wildman–Crippen MR) is 117 cm³/mol. The molecule has 29 heavy (non-hydrogen) atoms. The SMILES string of the molecule is CC1CC(C)CN(C(=O)C(C)N2CCN(S(=O)(=O)C=Cc3ccccc3)CC2)C1. The molecule has 1 amide bonds. The number of sulfonamides is 1. The quantitative estimate of drug-likeness (QED) is 0.736. The molecule has 0 aromatic heterocycles. The van der Waals surface area contributed by atoms with Crippen LogP contribution in [0, 0.1) is 11.8 Å². The van der Waals surface area contributed by atoms with Crippen molar-refractivity contribution in [1.29, 1.82) is 0 Å². The third-order valence-corrected chi connectivity index (χ3v) is 7.52.